The average molecular weight is 185 g/mol. The summed E-state index contributed by atoms with van der Waals surface area (Å²) >= 11 is 0. The van der Waals surface area contributed by atoms with Gasteiger partial charge in [0.2, 0.25) is 5.91 Å². The summed E-state index contributed by atoms with van der Waals surface area (Å²) in [6.45, 7) is 1.67. The van der Waals surface area contributed by atoms with Crippen LogP contribution in [0.3, 0.4) is 0 Å². The van der Waals surface area contributed by atoms with E-state index < -0.39 is 5.97 Å². The number of aliphatic carboxylic acids is 1. The van der Waals surface area contributed by atoms with Gasteiger partial charge in [-0.2, -0.15) is 0 Å². The molecule has 0 aromatic carbocycles. The molecular formula is C9H15NO3. The number of carboxylic acid groups (broad SMARTS) is 1. The molecule has 1 amide bonds. The predicted molar refractivity (Wildman–Crippen MR) is 47.2 cm³/mol. The van der Waals surface area contributed by atoms with E-state index in [4.69, 9.17) is 5.11 Å². The maximum Gasteiger partial charge on any atom is 0.323 e. The van der Waals surface area contributed by atoms with Gasteiger partial charge in [0.25, 0.3) is 0 Å². The Kier molecular flexibility index (Phi) is 2.90. The molecule has 0 radical (unpaired) electrons. The Morgan fingerprint density at radius 1 is 1.54 bits per heavy atom. The van der Waals surface area contributed by atoms with Gasteiger partial charge in [-0.25, -0.2) is 0 Å². The van der Waals surface area contributed by atoms with Gasteiger partial charge in [-0.1, -0.05) is 6.92 Å². The van der Waals surface area contributed by atoms with Gasteiger partial charge in [0, 0.05) is 13.0 Å². The molecule has 13 heavy (non-hydrogen) atoms. The van der Waals surface area contributed by atoms with E-state index in [2.05, 4.69) is 0 Å². The number of nitrogens with zero attached hydrogens (tertiary/aromatic N) is 1. The highest BCUT2D eigenvalue weighted by Crippen LogP contribution is 2.37. The van der Waals surface area contributed by atoms with Crippen LogP contribution in [0.1, 0.15) is 19.8 Å². The van der Waals surface area contributed by atoms with Crippen molar-refractivity contribution in [3.05, 3.63) is 0 Å². The highest BCUT2D eigenvalue weighted by Gasteiger charge is 2.34. The fourth-order valence-electron chi connectivity index (χ4n) is 1.43. The van der Waals surface area contributed by atoms with Gasteiger partial charge in [0.1, 0.15) is 6.54 Å². The minimum absolute atomic E-state index is 0.00986. The van der Waals surface area contributed by atoms with Crippen molar-refractivity contribution in [1.29, 1.82) is 0 Å². The summed E-state index contributed by atoms with van der Waals surface area (Å²) in [4.78, 5) is 23.1. The summed E-state index contributed by atoms with van der Waals surface area (Å²) in [5, 5.41) is 8.47. The third kappa shape index (κ3) is 2.72. The Hall–Kier alpha value is -1.06. The van der Waals surface area contributed by atoms with Crippen molar-refractivity contribution >= 4 is 11.9 Å². The maximum atomic E-state index is 11.5. The second-order valence-electron chi connectivity index (χ2n) is 3.71. The third-order valence-electron chi connectivity index (χ3n) is 2.47. The van der Waals surface area contributed by atoms with Gasteiger partial charge >= 0.3 is 5.97 Å². The summed E-state index contributed by atoms with van der Waals surface area (Å²) in [5.74, 6) is -0.531. The molecule has 1 N–H and O–H groups in total. The second kappa shape index (κ2) is 3.77. The molecule has 0 aromatic heterocycles. The summed E-state index contributed by atoms with van der Waals surface area (Å²) < 4.78 is 0. The van der Waals surface area contributed by atoms with Crippen molar-refractivity contribution in [3.8, 4) is 0 Å². The standard InChI is InChI=1S/C9H15NO3/c1-6(7-3-4-7)9(13)10(2)5-8(11)12/h6-7H,3-5H2,1-2H3,(H,11,12). The van der Waals surface area contributed by atoms with Gasteiger partial charge in [0.05, 0.1) is 0 Å². The quantitative estimate of drug-likeness (QED) is 0.696. The van der Waals surface area contributed by atoms with Crippen LogP contribution in [-0.4, -0.2) is 35.5 Å². The van der Waals surface area contributed by atoms with Crippen LogP contribution in [0.5, 0.6) is 0 Å². The molecule has 0 heterocycles. The number of carbonyl (C=O) groups is 2. The highest BCUT2D eigenvalue weighted by atomic mass is 16.4. The van der Waals surface area contributed by atoms with Gasteiger partial charge in [-0.05, 0) is 18.8 Å². The number of likely N-dealkylation sites (N-methyl/N-ethyl adjacent to an activating group) is 1. The molecule has 0 aliphatic heterocycles. The van der Waals surface area contributed by atoms with Crippen LogP contribution in [0.2, 0.25) is 0 Å². The third-order valence-corrected chi connectivity index (χ3v) is 2.47. The first-order valence-electron chi connectivity index (χ1n) is 4.49. The fourth-order valence-corrected chi connectivity index (χ4v) is 1.43. The van der Waals surface area contributed by atoms with E-state index in [1.807, 2.05) is 6.92 Å². The molecule has 0 bridgehead atoms. The molecule has 1 saturated carbocycles. The summed E-state index contributed by atoms with van der Waals surface area (Å²) in [7, 11) is 1.54. The smallest absolute Gasteiger partial charge is 0.323 e. The van der Waals surface area contributed by atoms with Crippen LogP contribution >= 0.6 is 0 Å². The Balaban J connectivity index is 2.40. The lowest BCUT2D eigenvalue weighted by Crippen LogP contribution is -2.36. The van der Waals surface area contributed by atoms with Crippen molar-refractivity contribution in [2.24, 2.45) is 11.8 Å². The van der Waals surface area contributed by atoms with Gasteiger partial charge < -0.3 is 10.0 Å². The predicted octanol–water partition coefficient (Wildman–Crippen LogP) is 0.575. The highest BCUT2D eigenvalue weighted by molar-refractivity contribution is 5.83. The fraction of sp³-hybridized carbons (Fsp3) is 0.778. The molecule has 0 spiro atoms. The lowest BCUT2D eigenvalue weighted by Gasteiger charge is -2.18. The van der Waals surface area contributed by atoms with Crippen LogP contribution < -0.4 is 0 Å². The Labute approximate surface area is 77.5 Å². The first-order chi connectivity index (χ1) is 6.02. The van der Waals surface area contributed by atoms with Crippen molar-refractivity contribution in [3.63, 3.8) is 0 Å². The van der Waals surface area contributed by atoms with Gasteiger partial charge in [-0.3, -0.25) is 9.59 Å². The summed E-state index contributed by atoms with van der Waals surface area (Å²) in [5.41, 5.74) is 0. The van der Waals surface area contributed by atoms with Gasteiger partial charge in [-0.15, -0.1) is 0 Å². The zero-order chi connectivity index (χ0) is 10.0. The number of carbonyl (C=O) groups excluding carboxylic acids is 1. The maximum absolute atomic E-state index is 11.5. The van der Waals surface area contributed by atoms with Crippen LogP contribution in [0, 0.1) is 11.8 Å². The molecule has 4 nitrogen and oxygen atoms in total. The molecule has 1 rings (SSSR count). The zero-order valence-corrected chi connectivity index (χ0v) is 7.99. The van der Waals surface area contributed by atoms with Crippen LogP contribution in [0.25, 0.3) is 0 Å². The average Bonchev–Trinajstić information content (AvgIpc) is 2.82. The monoisotopic (exact) mass is 185 g/mol. The molecule has 1 aliphatic rings. The largest absolute Gasteiger partial charge is 0.480 e. The summed E-state index contributed by atoms with van der Waals surface area (Å²) in [6, 6.07) is 0. The second-order valence-corrected chi connectivity index (χ2v) is 3.71. The zero-order valence-electron chi connectivity index (χ0n) is 7.99. The molecule has 4 heteroatoms. The SMILES string of the molecule is CC(C(=O)N(C)CC(=O)O)C1CC1. The minimum atomic E-state index is -0.959. The van der Waals surface area contributed by atoms with Crippen molar-refractivity contribution in [1.82, 2.24) is 4.90 Å². The molecule has 1 aliphatic carbocycles. The number of hydrogen-bond acceptors (Lipinski definition) is 2. The molecule has 1 unspecified atom stereocenters. The van der Waals surface area contributed by atoms with Crippen LogP contribution in [0.15, 0.2) is 0 Å². The molecular weight excluding hydrogens is 170 g/mol. The van der Waals surface area contributed by atoms with Crippen LogP contribution in [0.4, 0.5) is 0 Å². The van der Waals surface area contributed by atoms with E-state index in [9.17, 15) is 9.59 Å². The minimum Gasteiger partial charge on any atom is -0.480 e. The van der Waals surface area contributed by atoms with E-state index in [0.29, 0.717) is 5.92 Å². The van der Waals surface area contributed by atoms with Crippen molar-refractivity contribution < 1.29 is 14.7 Å². The van der Waals surface area contributed by atoms with E-state index in [1.54, 1.807) is 0 Å². The Morgan fingerprint density at radius 2 is 2.08 bits per heavy atom. The van der Waals surface area contributed by atoms with E-state index in [0.717, 1.165) is 12.8 Å². The Bertz CT molecular complexity index is 223. The number of amides is 1. The van der Waals surface area contributed by atoms with Crippen molar-refractivity contribution in [2.75, 3.05) is 13.6 Å². The summed E-state index contributed by atoms with van der Waals surface area (Å²) in [6.07, 6.45) is 2.21. The lowest BCUT2D eigenvalue weighted by molar-refractivity contribution is -0.145. The first-order valence-corrected chi connectivity index (χ1v) is 4.49. The van der Waals surface area contributed by atoms with E-state index >= 15 is 0 Å². The molecule has 1 fully saturated rings. The number of rotatable bonds is 4. The number of carboxylic acids is 1. The first kappa shape index (κ1) is 10.0. The molecule has 0 saturated heterocycles. The van der Waals surface area contributed by atoms with Crippen LogP contribution in [-0.2, 0) is 9.59 Å². The molecule has 0 aromatic rings. The topological polar surface area (TPSA) is 57.6 Å². The van der Waals surface area contributed by atoms with E-state index in [-0.39, 0.29) is 18.4 Å². The molecule has 1 atom stereocenters. The van der Waals surface area contributed by atoms with Crippen molar-refractivity contribution in [2.45, 2.75) is 19.8 Å². The normalized spacial score (nSPS) is 18.0. The lowest BCUT2D eigenvalue weighted by atomic mass is 10.1. The molecule has 74 valence electrons. The number of hydrogen-bond donors (Lipinski definition) is 1. The Morgan fingerprint density at radius 3 is 2.46 bits per heavy atom. The van der Waals surface area contributed by atoms with Gasteiger partial charge in [0.15, 0.2) is 0 Å². The van der Waals surface area contributed by atoms with E-state index in [1.165, 1.54) is 11.9 Å².